The molecule has 1 aromatic carbocycles. The molecule has 0 saturated heterocycles. The molecule has 86 valence electrons. The molecule has 1 aromatic rings. The zero-order valence-electron chi connectivity index (χ0n) is 9.46. The van der Waals surface area contributed by atoms with E-state index >= 15 is 0 Å². The van der Waals surface area contributed by atoms with Crippen LogP contribution in [-0.4, -0.2) is 6.61 Å². The largest absolute Gasteiger partial charge is 0.491 e. The van der Waals surface area contributed by atoms with E-state index in [4.69, 9.17) is 15.7 Å². The second kappa shape index (κ2) is 4.84. The Morgan fingerprint density at radius 1 is 1.50 bits per heavy atom. The predicted octanol–water partition coefficient (Wildman–Crippen LogP) is 2.73. The van der Waals surface area contributed by atoms with Gasteiger partial charge in [0.05, 0.1) is 23.8 Å². The van der Waals surface area contributed by atoms with Crippen molar-refractivity contribution >= 4 is 5.69 Å². The van der Waals surface area contributed by atoms with E-state index < -0.39 is 5.41 Å². The van der Waals surface area contributed by atoms with Gasteiger partial charge in [0.15, 0.2) is 0 Å². The van der Waals surface area contributed by atoms with Crippen molar-refractivity contribution in [1.82, 2.24) is 0 Å². The highest BCUT2D eigenvalue weighted by Crippen LogP contribution is 2.24. The molecular formula is C12H15FN2O. The van der Waals surface area contributed by atoms with Crippen LogP contribution in [0.4, 0.5) is 10.1 Å². The molecule has 0 radical (unpaired) electrons. The second-order valence-corrected chi connectivity index (χ2v) is 4.28. The third-order valence-electron chi connectivity index (χ3n) is 2.26. The van der Waals surface area contributed by atoms with Gasteiger partial charge in [-0.2, -0.15) is 5.26 Å². The van der Waals surface area contributed by atoms with Gasteiger partial charge in [0.1, 0.15) is 11.6 Å². The molecule has 0 bridgehead atoms. The van der Waals surface area contributed by atoms with Gasteiger partial charge in [-0.15, -0.1) is 0 Å². The monoisotopic (exact) mass is 222 g/mol. The van der Waals surface area contributed by atoms with E-state index in [1.807, 2.05) is 13.8 Å². The fraction of sp³-hybridized carbons (Fsp3) is 0.417. The number of hydrogen-bond donors (Lipinski definition) is 1. The smallest absolute Gasteiger partial charge is 0.145 e. The Kier molecular flexibility index (Phi) is 3.73. The fourth-order valence-corrected chi connectivity index (χ4v) is 1.11. The SMILES string of the molecule is CC(C)(C#N)CCOc1cc(F)ccc1N. The lowest BCUT2D eigenvalue weighted by atomic mass is 9.92. The number of nitrogens with two attached hydrogens (primary N) is 1. The lowest BCUT2D eigenvalue weighted by Gasteiger charge is -2.15. The highest BCUT2D eigenvalue weighted by atomic mass is 19.1. The first-order chi connectivity index (χ1) is 7.44. The summed E-state index contributed by atoms with van der Waals surface area (Å²) in [5.41, 5.74) is 5.57. The third-order valence-corrected chi connectivity index (χ3v) is 2.26. The highest BCUT2D eigenvalue weighted by Gasteiger charge is 2.16. The fourth-order valence-electron chi connectivity index (χ4n) is 1.11. The molecule has 16 heavy (non-hydrogen) atoms. The number of benzene rings is 1. The summed E-state index contributed by atoms with van der Waals surface area (Å²) in [5, 5.41) is 8.80. The van der Waals surface area contributed by atoms with E-state index in [0.29, 0.717) is 24.5 Å². The van der Waals surface area contributed by atoms with Crippen molar-refractivity contribution in [3.05, 3.63) is 24.0 Å². The Morgan fingerprint density at radius 2 is 2.19 bits per heavy atom. The van der Waals surface area contributed by atoms with Crippen LogP contribution in [-0.2, 0) is 0 Å². The summed E-state index contributed by atoms with van der Waals surface area (Å²) in [5.74, 6) is -0.0579. The number of anilines is 1. The summed E-state index contributed by atoms with van der Waals surface area (Å²) in [6.45, 7) is 3.99. The molecular weight excluding hydrogens is 207 g/mol. The minimum absolute atomic E-state index is 0.328. The Hall–Kier alpha value is -1.76. The number of rotatable bonds is 4. The van der Waals surface area contributed by atoms with Gasteiger partial charge in [0.2, 0.25) is 0 Å². The average molecular weight is 222 g/mol. The molecule has 0 unspecified atom stereocenters. The van der Waals surface area contributed by atoms with E-state index in [0.717, 1.165) is 0 Å². The van der Waals surface area contributed by atoms with Crippen molar-refractivity contribution in [2.24, 2.45) is 5.41 Å². The van der Waals surface area contributed by atoms with E-state index in [9.17, 15) is 4.39 Å². The first-order valence-corrected chi connectivity index (χ1v) is 5.04. The normalized spacial score (nSPS) is 10.9. The Bertz CT molecular complexity index is 410. The number of nitriles is 1. The van der Waals surface area contributed by atoms with Crippen molar-refractivity contribution in [3.63, 3.8) is 0 Å². The van der Waals surface area contributed by atoms with Crippen molar-refractivity contribution in [3.8, 4) is 11.8 Å². The van der Waals surface area contributed by atoms with E-state index in [1.54, 1.807) is 0 Å². The van der Waals surface area contributed by atoms with Gasteiger partial charge in [0, 0.05) is 6.07 Å². The number of halogens is 1. The number of ether oxygens (including phenoxy) is 1. The molecule has 0 atom stereocenters. The molecule has 2 N–H and O–H groups in total. The Balaban J connectivity index is 2.56. The molecule has 4 heteroatoms. The van der Waals surface area contributed by atoms with Crippen LogP contribution < -0.4 is 10.5 Å². The summed E-state index contributed by atoms with van der Waals surface area (Å²) in [6, 6.07) is 6.15. The van der Waals surface area contributed by atoms with Gasteiger partial charge in [-0.3, -0.25) is 0 Å². The van der Waals surface area contributed by atoms with Crippen molar-refractivity contribution < 1.29 is 9.13 Å². The van der Waals surface area contributed by atoms with Gasteiger partial charge in [-0.1, -0.05) is 0 Å². The highest BCUT2D eigenvalue weighted by molar-refractivity contribution is 5.52. The second-order valence-electron chi connectivity index (χ2n) is 4.28. The average Bonchev–Trinajstić information content (AvgIpc) is 2.23. The minimum Gasteiger partial charge on any atom is -0.491 e. The van der Waals surface area contributed by atoms with Crippen molar-refractivity contribution in [1.29, 1.82) is 5.26 Å². The molecule has 0 aliphatic carbocycles. The quantitative estimate of drug-likeness (QED) is 0.797. The zero-order chi connectivity index (χ0) is 12.2. The minimum atomic E-state index is -0.442. The van der Waals surface area contributed by atoms with E-state index in [1.165, 1.54) is 18.2 Å². The molecule has 0 aromatic heterocycles. The number of nitrogen functional groups attached to an aromatic ring is 1. The number of nitrogens with zero attached hydrogens (tertiary/aromatic N) is 1. The first kappa shape index (κ1) is 12.3. The summed E-state index contributed by atoms with van der Waals surface area (Å²) in [4.78, 5) is 0. The molecule has 0 aliphatic rings. The molecule has 0 aliphatic heterocycles. The summed E-state index contributed by atoms with van der Waals surface area (Å²) in [6.07, 6.45) is 0.569. The molecule has 0 heterocycles. The van der Waals surface area contributed by atoms with E-state index in [-0.39, 0.29) is 5.82 Å². The van der Waals surface area contributed by atoms with Gasteiger partial charge in [0.25, 0.3) is 0 Å². The maximum Gasteiger partial charge on any atom is 0.145 e. The Morgan fingerprint density at radius 3 is 2.81 bits per heavy atom. The van der Waals surface area contributed by atoms with Gasteiger partial charge in [-0.25, -0.2) is 4.39 Å². The molecule has 1 rings (SSSR count). The first-order valence-electron chi connectivity index (χ1n) is 5.04. The lowest BCUT2D eigenvalue weighted by Crippen LogP contribution is -2.13. The Labute approximate surface area is 94.6 Å². The van der Waals surface area contributed by atoms with Crippen LogP contribution in [0.25, 0.3) is 0 Å². The van der Waals surface area contributed by atoms with Crippen LogP contribution in [0.5, 0.6) is 5.75 Å². The maximum atomic E-state index is 12.9. The molecule has 0 spiro atoms. The van der Waals surface area contributed by atoms with Crippen LogP contribution >= 0.6 is 0 Å². The van der Waals surface area contributed by atoms with Crippen LogP contribution in [0, 0.1) is 22.6 Å². The third kappa shape index (κ3) is 3.43. The zero-order valence-corrected chi connectivity index (χ0v) is 9.46. The standard InChI is InChI=1S/C12H15FN2O/c1-12(2,8-14)5-6-16-11-7-9(13)3-4-10(11)15/h3-4,7H,5-6,15H2,1-2H3. The number of hydrogen-bond acceptors (Lipinski definition) is 3. The van der Waals surface area contributed by atoms with Crippen LogP contribution in [0.2, 0.25) is 0 Å². The predicted molar refractivity (Wildman–Crippen MR) is 60.3 cm³/mol. The van der Waals surface area contributed by atoms with Crippen LogP contribution in [0.3, 0.4) is 0 Å². The van der Waals surface area contributed by atoms with Crippen LogP contribution in [0.15, 0.2) is 18.2 Å². The summed E-state index contributed by atoms with van der Waals surface area (Å²) < 4.78 is 18.2. The molecule has 0 amide bonds. The topological polar surface area (TPSA) is 59.0 Å². The lowest BCUT2D eigenvalue weighted by molar-refractivity contribution is 0.264. The van der Waals surface area contributed by atoms with E-state index in [2.05, 4.69) is 6.07 Å². The van der Waals surface area contributed by atoms with Gasteiger partial charge >= 0.3 is 0 Å². The van der Waals surface area contributed by atoms with Gasteiger partial charge in [-0.05, 0) is 32.4 Å². The molecule has 0 saturated carbocycles. The van der Waals surface area contributed by atoms with Crippen molar-refractivity contribution in [2.75, 3.05) is 12.3 Å². The molecule has 0 fully saturated rings. The van der Waals surface area contributed by atoms with Crippen LogP contribution in [0.1, 0.15) is 20.3 Å². The summed E-state index contributed by atoms with van der Waals surface area (Å²) >= 11 is 0. The molecule has 3 nitrogen and oxygen atoms in total. The van der Waals surface area contributed by atoms with Gasteiger partial charge < -0.3 is 10.5 Å². The van der Waals surface area contributed by atoms with Crippen molar-refractivity contribution in [2.45, 2.75) is 20.3 Å². The maximum absolute atomic E-state index is 12.9. The summed E-state index contributed by atoms with van der Waals surface area (Å²) in [7, 11) is 0.